The van der Waals surface area contributed by atoms with Gasteiger partial charge in [-0.25, -0.2) is 9.97 Å². The zero-order valence-electron chi connectivity index (χ0n) is 15.6. The number of nitrogens with one attached hydrogen (secondary N) is 1. The van der Waals surface area contributed by atoms with E-state index in [1.165, 1.54) is 5.56 Å². The molecule has 5 nitrogen and oxygen atoms in total. The van der Waals surface area contributed by atoms with Crippen molar-refractivity contribution in [1.82, 2.24) is 19.9 Å². The second-order valence-corrected chi connectivity index (χ2v) is 6.58. The van der Waals surface area contributed by atoms with Crippen LogP contribution in [0.3, 0.4) is 0 Å². The Morgan fingerprint density at radius 3 is 2.57 bits per heavy atom. The molecule has 0 aromatic carbocycles. The molecule has 0 saturated carbocycles. The molecule has 0 atom stereocenters. The minimum absolute atomic E-state index is 0.631. The molecule has 0 aliphatic carbocycles. The second kappa shape index (κ2) is 7.93. The number of aryl methyl sites for hydroxylation is 2. The number of aromatic nitrogens is 4. The lowest BCUT2D eigenvalue weighted by molar-refractivity contribution is 0.397. The second-order valence-electron chi connectivity index (χ2n) is 6.58. The largest absolute Gasteiger partial charge is 0.481 e. The Morgan fingerprint density at radius 2 is 1.86 bits per heavy atom. The first kappa shape index (κ1) is 17.7. The topological polar surface area (TPSA) is 63.7 Å². The molecule has 4 rings (SSSR count). The maximum atomic E-state index is 5.64. The zero-order chi connectivity index (χ0) is 19.3. The van der Waals surface area contributed by atoms with Crippen molar-refractivity contribution >= 4 is 11.0 Å². The summed E-state index contributed by atoms with van der Waals surface area (Å²) >= 11 is 0. The van der Waals surface area contributed by atoms with Crippen molar-refractivity contribution in [1.29, 1.82) is 0 Å². The van der Waals surface area contributed by atoms with E-state index in [2.05, 4.69) is 38.0 Å². The number of terminal acetylenes is 1. The number of H-pyrrole nitrogens is 1. The van der Waals surface area contributed by atoms with E-state index in [-0.39, 0.29) is 0 Å². The number of ether oxygens (including phenoxy) is 1. The lowest BCUT2D eigenvalue weighted by atomic mass is 10.0. The number of rotatable bonds is 6. The molecule has 4 heterocycles. The van der Waals surface area contributed by atoms with Crippen LogP contribution in [0.25, 0.3) is 11.0 Å². The highest BCUT2D eigenvalue weighted by Gasteiger charge is 2.09. The Labute approximate surface area is 163 Å². The molecule has 138 valence electrons. The number of pyridine rings is 3. The van der Waals surface area contributed by atoms with Gasteiger partial charge >= 0.3 is 0 Å². The fraction of sp³-hybridized carbons (Fsp3) is 0.174. The fourth-order valence-corrected chi connectivity index (χ4v) is 3.26. The zero-order valence-corrected chi connectivity index (χ0v) is 15.6. The monoisotopic (exact) mass is 368 g/mol. The molecule has 1 N–H and O–H groups in total. The molecule has 0 aliphatic rings. The molecule has 0 fully saturated rings. The molecule has 0 unspecified atom stereocenters. The third-order valence-corrected chi connectivity index (χ3v) is 4.77. The third kappa shape index (κ3) is 3.72. The van der Waals surface area contributed by atoms with Crippen molar-refractivity contribution in [2.24, 2.45) is 0 Å². The van der Waals surface area contributed by atoms with Crippen molar-refractivity contribution in [3.63, 3.8) is 0 Å². The van der Waals surface area contributed by atoms with Crippen LogP contribution in [-0.2, 0) is 19.3 Å². The Balaban J connectivity index is 1.44. The average Bonchev–Trinajstić information content (AvgIpc) is 3.16. The van der Waals surface area contributed by atoms with Gasteiger partial charge in [-0.2, -0.15) is 0 Å². The van der Waals surface area contributed by atoms with Gasteiger partial charge in [-0.3, -0.25) is 4.98 Å². The van der Waals surface area contributed by atoms with Crippen LogP contribution in [0, 0.1) is 12.3 Å². The van der Waals surface area contributed by atoms with Crippen molar-refractivity contribution in [2.75, 3.05) is 7.11 Å². The van der Waals surface area contributed by atoms with E-state index < -0.39 is 0 Å². The van der Waals surface area contributed by atoms with Crippen LogP contribution in [-0.4, -0.2) is 27.0 Å². The minimum Gasteiger partial charge on any atom is -0.481 e. The quantitative estimate of drug-likeness (QED) is 0.527. The number of methoxy groups -OCH3 is 1. The van der Waals surface area contributed by atoms with Gasteiger partial charge in [0.15, 0.2) is 0 Å². The molecule has 5 heteroatoms. The lowest BCUT2D eigenvalue weighted by Crippen LogP contribution is -1.97. The van der Waals surface area contributed by atoms with Gasteiger partial charge in [0.25, 0.3) is 0 Å². The Hall–Kier alpha value is -3.65. The molecule has 0 spiro atoms. The van der Waals surface area contributed by atoms with Crippen molar-refractivity contribution in [3.05, 3.63) is 83.1 Å². The smallest absolute Gasteiger partial charge is 0.212 e. The van der Waals surface area contributed by atoms with Crippen LogP contribution in [0.2, 0.25) is 0 Å². The molecular weight excluding hydrogens is 348 g/mol. The van der Waals surface area contributed by atoms with Gasteiger partial charge in [-0.1, -0.05) is 18.1 Å². The van der Waals surface area contributed by atoms with E-state index in [1.54, 1.807) is 13.3 Å². The molecule has 4 aromatic rings. The molecule has 4 aromatic heterocycles. The molecular formula is C23H20N4O. The summed E-state index contributed by atoms with van der Waals surface area (Å²) in [6.45, 7) is 0. The predicted octanol–water partition coefficient (Wildman–Crippen LogP) is 3.72. The van der Waals surface area contributed by atoms with Crippen LogP contribution in [0.15, 0.2) is 55.1 Å². The van der Waals surface area contributed by atoms with E-state index >= 15 is 0 Å². The van der Waals surface area contributed by atoms with Gasteiger partial charge in [0, 0.05) is 53.9 Å². The highest BCUT2D eigenvalue weighted by molar-refractivity contribution is 5.86. The van der Waals surface area contributed by atoms with Gasteiger partial charge in [0.05, 0.1) is 7.11 Å². The molecule has 0 amide bonds. The first-order chi connectivity index (χ1) is 13.8. The summed E-state index contributed by atoms with van der Waals surface area (Å²) in [6, 6.07) is 10.00. The van der Waals surface area contributed by atoms with Crippen LogP contribution in [0.5, 0.6) is 5.88 Å². The highest BCUT2D eigenvalue weighted by Crippen LogP contribution is 2.23. The summed E-state index contributed by atoms with van der Waals surface area (Å²) in [5, 5.41) is 1.01. The van der Waals surface area contributed by atoms with Gasteiger partial charge in [0.1, 0.15) is 5.65 Å². The number of hydrogen-bond donors (Lipinski definition) is 1. The summed E-state index contributed by atoms with van der Waals surface area (Å²) in [5.41, 5.74) is 6.18. The minimum atomic E-state index is 0.631. The van der Waals surface area contributed by atoms with E-state index in [0.717, 1.165) is 52.7 Å². The normalized spacial score (nSPS) is 10.7. The standard InChI is InChI=1S/C23H20N4O/c1-3-18-10-11-24-23-22(18)19(15-27-23)12-17-5-8-20(25-14-17)7-4-16-6-9-21(28-2)26-13-16/h1,5-6,8-11,13-15H,4,7,12H2,2H3,(H,24,27). The molecule has 0 saturated heterocycles. The van der Waals surface area contributed by atoms with Gasteiger partial charge < -0.3 is 9.72 Å². The predicted molar refractivity (Wildman–Crippen MR) is 109 cm³/mol. The molecule has 0 radical (unpaired) electrons. The maximum absolute atomic E-state index is 5.64. The summed E-state index contributed by atoms with van der Waals surface area (Å²) < 4.78 is 5.09. The molecule has 0 bridgehead atoms. The summed E-state index contributed by atoms with van der Waals surface area (Å²) in [4.78, 5) is 16.4. The van der Waals surface area contributed by atoms with Crippen LogP contribution in [0.1, 0.15) is 27.9 Å². The van der Waals surface area contributed by atoms with Gasteiger partial charge in [-0.05, 0) is 41.7 Å². The van der Waals surface area contributed by atoms with Gasteiger partial charge in [0.2, 0.25) is 5.88 Å². The maximum Gasteiger partial charge on any atom is 0.212 e. The molecule has 28 heavy (non-hydrogen) atoms. The van der Waals surface area contributed by atoms with Crippen molar-refractivity contribution in [3.8, 4) is 18.2 Å². The van der Waals surface area contributed by atoms with Crippen LogP contribution in [0.4, 0.5) is 0 Å². The lowest BCUT2D eigenvalue weighted by Gasteiger charge is -2.05. The Kier molecular flexibility index (Phi) is 5.03. The summed E-state index contributed by atoms with van der Waals surface area (Å²) in [7, 11) is 1.62. The number of nitrogens with zero attached hydrogens (tertiary/aromatic N) is 3. The number of fused-ring (bicyclic) bond motifs is 1. The van der Waals surface area contributed by atoms with E-state index in [4.69, 9.17) is 11.2 Å². The van der Waals surface area contributed by atoms with Gasteiger partial charge in [-0.15, -0.1) is 6.42 Å². The first-order valence-electron chi connectivity index (χ1n) is 9.11. The SMILES string of the molecule is C#Cc1ccnc2[nH]cc(Cc3ccc(CCc4ccc(OC)nc4)nc3)c12. The molecule has 0 aliphatic heterocycles. The average molecular weight is 368 g/mol. The summed E-state index contributed by atoms with van der Waals surface area (Å²) in [6.07, 6.45) is 15.6. The van der Waals surface area contributed by atoms with Crippen LogP contribution >= 0.6 is 0 Å². The van der Waals surface area contributed by atoms with E-state index in [9.17, 15) is 0 Å². The van der Waals surface area contributed by atoms with E-state index in [0.29, 0.717) is 5.88 Å². The van der Waals surface area contributed by atoms with Crippen molar-refractivity contribution in [2.45, 2.75) is 19.3 Å². The number of hydrogen-bond acceptors (Lipinski definition) is 4. The fourth-order valence-electron chi connectivity index (χ4n) is 3.26. The van der Waals surface area contributed by atoms with Crippen molar-refractivity contribution < 1.29 is 4.74 Å². The van der Waals surface area contributed by atoms with E-state index in [1.807, 2.05) is 36.8 Å². The van der Waals surface area contributed by atoms with Crippen LogP contribution < -0.4 is 4.74 Å². The third-order valence-electron chi connectivity index (χ3n) is 4.77. The Morgan fingerprint density at radius 1 is 1.00 bits per heavy atom. The summed E-state index contributed by atoms with van der Waals surface area (Å²) in [5.74, 6) is 3.37. The highest BCUT2D eigenvalue weighted by atomic mass is 16.5. The first-order valence-corrected chi connectivity index (χ1v) is 9.11. The Bertz CT molecular complexity index is 1120. The number of aromatic amines is 1.